The molecule has 0 unspecified atom stereocenters. The van der Waals surface area contributed by atoms with Crippen molar-refractivity contribution in [1.29, 1.82) is 0 Å². The Bertz CT molecular complexity index is 278. The zero-order valence-corrected chi connectivity index (χ0v) is 7.26. The van der Waals surface area contributed by atoms with Crippen molar-refractivity contribution in [2.45, 2.75) is 0 Å². The molecule has 0 saturated heterocycles. The summed E-state index contributed by atoms with van der Waals surface area (Å²) in [6, 6.07) is 0. The second-order valence-corrected chi connectivity index (χ2v) is 2.26. The summed E-state index contributed by atoms with van der Waals surface area (Å²) >= 11 is 0. The molecule has 90 valence electrons. The van der Waals surface area contributed by atoms with Gasteiger partial charge < -0.3 is 20.2 Å². The van der Waals surface area contributed by atoms with Crippen LogP contribution in [0.25, 0.3) is 0 Å². The zero-order valence-electron chi connectivity index (χ0n) is 7.26. The summed E-state index contributed by atoms with van der Waals surface area (Å²) in [5.74, 6) is -12.9. The molecule has 10 heteroatoms. The van der Waals surface area contributed by atoms with Crippen LogP contribution in [0.2, 0.25) is 0 Å². The maximum atomic E-state index is 12.2. The van der Waals surface area contributed by atoms with E-state index in [9.17, 15) is 22.0 Å². The predicted octanol–water partition coefficient (Wildman–Crippen LogP) is 0.0359. The van der Waals surface area contributed by atoms with Crippen molar-refractivity contribution in [3.05, 3.63) is 29.1 Å². The van der Waals surface area contributed by atoms with E-state index in [0.717, 1.165) is 0 Å². The summed E-state index contributed by atoms with van der Waals surface area (Å²) in [6.07, 6.45) is 0. The highest BCUT2D eigenvalue weighted by Crippen LogP contribution is 2.27. The summed E-state index contributed by atoms with van der Waals surface area (Å²) in [4.78, 5) is 0. The molecule has 0 saturated carbocycles. The highest BCUT2D eigenvalue weighted by atomic mass is 19.2. The van der Waals surface area contributed by atoms with Crippen LogP contribution in [-0.4, -0.2) is 27.5 Å². The molecule has 0 atom stereocenters. The molecule has 0 radical (unpaired) electrons. The minimum Gasteiger partial charge on any atom is -0.503 e. The van der Waals surface area contributed by atoms with Crippen LogP contribution in [-0.2, 0) is 0 Å². The molecule has 0 spiro atoms. The van der Waals surface area contributed by atoms with Gasteiger partial charge >= 0.3 is 7.32 Å². The third-order valence-corrected chi connectivity index (χ3v) is 1.19. The molecule has 4 N–H and O–H groups in total. The van der Waals surface area contributed by atoms with Gasteiger partial charge in [0.1, 0.15) is 0 Å². The molecule has 16 heavy (non-hydrogen) atoms. The first-order valence-corrected chi connectivity index (χ1v) is 3.44. The molecule has 1 aromatic rings. The number of rotatable bonds is 0. The topological polar surface area (TPSA) is 80.9 Å². The Morgan fingerprint density at radius 3 is 1.06 bits per heavy atom. The van der Waals surface area contributed by atoms with E-state index >= 15 is 0 Å². The number of benzene rings is 1. The SMILES string of the molecule is OB(O)O.Oc1c(F)c(F)c(F)c(F)c1F. The number of phenols is 1. The van der Waals surface area contributed by atoms with E-state index in [1.54, 1.807) is 0 Å². The van der Waals surface area contributed by atoms with Crippen molar-refractivity contribution in [1.82, 2.24) is 0 Å². The summed E-state index contributed by atoms with van der Waals surface area (Å²) in [6.45, 7) is 0. The van der Waals surface area contributed by atoms with Gasteiger partial charge in [0.15, 0.2) is 5.75 Å². The first-order valence-electron chi connectivity index (χ1n) is 3.44. The monoisotopic (exact) mass is 246 g/mol. The quantitative estimate of drug-likeness (QED) is 0.225. The maximum Gasteiger partial charge on any atom is 0.631 e. The average molecular weight is 246 g/mol. The van der Waals surface area contributed by atoms with Gasteiger partial charge in [-0.3, -0.25) is 0 Å². The smallest absolute Gasteiger partial charge is 0.503 e. The second kappa shape index (κ2) is 5.63. The molecular formula is C6H4BF5O4. The van der Waals surface area contributed by atoms with Crippen molar-refractivity contribution in [3.8, 4) is 5.75 Å². The van der Waals surface area contributed by atoms with Gasteiger partial charge in [0, 0.05) is 0 Å². The van der Waals surface area contributed by atoms with Gasteiger partial charge in [-0.2, -0.15) is 8.78 Å². The Balaban J connectivity index is 0.000000487. The van der Waals surface area contributed by atoms with Gasteiger partial charge in [-0.25, -0.2) is 13.2 Å². The lowest BCUT2D eigenvalue weighted by Gasteiger charge is -2.00. The molecule has 0 aliphatic heterocycles. The Kier molecular flexibility index (Phi) is 5.14. The molecule has 0 fully saturated rings. The fourth-order valence-corrected chi connectivity index (χ4v) is 0.593. The highest BCUT2D eigenvalue weighted by Gasteiger charge is 2.24. The van der Waals surface area contributed by atoms with Crippen LogP contribution in [0.3, 0.4) is 0 Å². The fourth-order valence-electron chi connectivity index (χ4n) is 0.593. The van der Waals surface area contributed by atoms with Gasteiger partial charge in [0.05, 0.1) is 0 Å². The molecule has 0 bridgehead atoms. The van der Waals surface area contributed by atoms with Crippen molar-refractivity contribution < 1.29 is 42.1 Å². The number of hydrogen-bond acceptors (Lipinski definition) is 4. The average Bonchev–Trinajstić information content (AvgIpc) is 2.20. The van der Waals surface area contributed by atoms with Gasteiger partial charge in [0.2, 0.25) is 29.1 Å². The van der Waals surface area contributed by atoms with Crippen LogP contribution in [0.4, 0.5) is 22.0 Å². The third-order valence-electron chi connectivity index (χ3n) is 1.19. The molecule has 0 amide bonds. The first-order chi connectivity index (χ1) is 7.20. The van der Waals surface area contributed by atoms with E-state index in [-0.39, 0.29) is 0 Å². The minimum absolute atomic E-state index is 1.87. The van der Waals surface area contributed by atoms with Crippen LogP contribution in [0.5, 0.6) is 5.75 Å². The third kappa shape index (κ3) is 3.33. The van der Waals surface area contributed by atoms with Gasteiger partial charge in [-0.1, -0.05) is 0 Å². The van der Waals surface area contributed by atoms with E-state index in [1.165, 1.54) is 0 Å². The van der Waals surface area contributed by atoms with Gasteiger partial charge in [0.25, 0.3) is 0 Å². The number of phenolic OH excluding ortho intramolecular Hbond substituents is 1. The highest BCUT2D eigenvalue weighted by molar-refractivity contribution is 6.30. The molecule has 0 heterocycles. The Morgan fingerprint density at radius 1 is 0.625 bits per heavy atom. The summed E-state index contributed by atoms with van der Waals surface area (Å²) < 4.78 is 60.6. The van der Waals surface area contributed by atoms with E-state index in [4.69, 9.17) is 20.2 Å². The summed E-state index contributed by atoms with van der Waals surface area (Å²) in [7, 11) is -2.17. The van der Waals surface area contributed by atoms with Crippen LogP contribution >= 0.6 is 0 Å². The summed E-state index contributed by atoms with van der Waals surface area (Å²) in [5, 5.41) is 29.8. The minimum atomic E-state index is -2.29. The molecule has 0 aromatic heterocycles. The fraction of sp³-hybridized carbons (Fsp3) is 0. The number of halogens is 5. The number of hydrogen-bond donors (Lipinski definition) is 4. The molecular weight excluding hydrogens is 242 g/mol. The predicted molar refractivity (Wildman–Crippen MR) is 40.3 cm³/mol. The molecule has 1 aromatic carbocycles. The lowest BCUT2D eigenvalue weighted by molar-refractivity contribution is 0.278. The first kappa shape index (κ1) is 14.6. The molecule has 1 rings (SSSR count). The molecule has 0 aliphatic carbocycles. The van der Waals surface area contributed by atoms with Crippen LogP contribution < -0.4 is 0 Å². The largest absolute Gasteiger partial charge is 0.631 e. The second-order valence-electron chi connectivity index (χ2n) is 2.26. The number of aromatic hydroxyl groups is 1. The van der Waals surface area contributed by atoms with Crippen molar-refractivity contribution in [2.75, 3.05) is 0 Å². The van der Waals surface area contributed by atoms with Gasteiger partial charge in [-0.15, -0.1) is 0 Å². The Hall–Kier alpha value is -1.39. The lowest BCUT2D eigenvalue weighted by Crippen LogP contribution is -2.07. The van der Waals surface area contributed by atoms with Crippen molar-refractivity contribution in [2.24, 2.45) is 0 Å². The Morgan fingerprint density at radius 2 is 0.812 bits per heavy atom. The van der Waals surface area contributed by atoms with E-state index in [1.807, 2.05) is 0 Å². The van der Waals surface area contributed by atoms with Crippen molar-refractivity contribution in [3.63, 3.8) is 0 Å². The normalized spacial score (nSPS) is 9.50. The van der Waals surface area contributed by atoms with Crippen LogP contribution in [0.1, 0.15) is 0 Å². The van der Waals surface area contributed by atoms with E-state index in [0.29, 0.717) is 0 Å². The van der Waals surface area contributed by atoms with Crippen LogP contribution in [0.15, 0.2) is 0 Å². The molecule has 4 nitrogen and oxygen atoms in total. The summed E-state index contributed by atoms with van der Waals surface area (Å²) in [5.41, 5.74) is 0. The maximum absolute atomic E-state index is 12.2. The lowest BCUT2D eigenvalue weighted by atomic mass is 10.3. The molecule has 0 aliphatic rings. The van der Waals surface area contributed by atoms with Crippen molar-refractivity contribution >= 4 is 7.32 Å². The van der Waals surface area contributed by atoms with Gasteiger partial charge in [-0.05, 0) is 0 Å². The van der Waals surface area contributed by atoms with Crippen LogP contribution in [0, 0.1) is 29.1 Å². The van der Waals surface area contributed by atoms with E-state index < -0.39 is 42.2 Å². The van der Waals surface area contributed by atoms with E-state index in [2.05, 4.69) is 0 Å². The Labute approximate surface area is 85.4 Å². The standard InChI is InChI=1S/C6HF5O.BH3O3/c7-1-2(8)4(10)6(12)5(11)3(1)9;2-1(3)4/h12H;2-4H. The zero-order chi connectivity index (χ0) is 13.0.